The zero-order valence-electron chi connectivity index (χ0n) is 17.4. The largest absolute Gasteiger partial charge is 0.490 e. The molecule has 1 aliphatic rings. The van der Waals surface area contributed by atoms with E-state index < -0.39 is 29.5 Å². The van der Waals surface area contributed by atoms with Crippen molar-refractivity contribution < 1.29 is 31.8 Å². The average Bonchev–Trinajstić information content (AvgIpc) is 2.75. The first-order valence-electron chi connectivity index (χ1n) is 10.4. The fourth-order valence-corrected chi connectivity index (χ4v) is 3.96. The van der Waals surface area contributed by atoms with Gasteiger partial charge in [0.15, 0.2) is 0 Å². The molecule has 1 aliphatic carbocycles. The Morgan fingerprint density at radius 2 is 1.88 bits per heavy atom. The molecule has 0 saturated heterocycles. The number of halogens is 5. The van der Waals surface area contributed by atoms with Crippen LogP contribution in [0, 0.1) is 11.6 Å². The summed E-state index contributed by atoms with van der Waals surface area (Å²) in [6.45, 7) is 0.153. The number of aromatic nitrogens is 1. The summed E-state index contributed by atoms with van der Waals surface area (Å²) >= 11 is 0. The van der Waals surface area contributed by atoms with Gasteiger partial charge in [0.05, 0.1) is 11.7 Å². The van der Waals surface area contributed by atoms with E-state index in [1.807, 2.05) is 0 Å². The number of alkyl halides is 3. The summed E-state index contributed by atoms with van der Waals surface area (Å²) in [6.07, 6.45) is -2.05. The van der Waals surface area contributed by atoms with Crippen molar-refractivity contribution >= 4 is 10.8 Å². The maximum atomic E-state index is 14.8. The molecule has 0 aliphatic heterocycles. The Balaban J connectivity index is 1.39. The number of rotatable bonds is 7. The first kappa shape index (κ1) is 23.3. The van der Waals surface area contributed by atoms with E-state index in [9.17, 15) is 27.1 Å². The number of nitrogens with one attached hydrogen (secondary N) is 1. The Kier molecular flexibility index (Phi) is 6.51. The van der Waals surface area contributed by atoms with Crippen LogP contribution >= 0.6 is 0 Å². The third kappa shape index (κ3) is 4.92. The van der Waals surface area contributed by atoms with Crippen LogP contribution in [0.4, 0.5) is 22.0 Å². The number of nitrogens with zero attached hydrogens (tertiary/aromatic N) is 1. The predicted octanol–water partition coefficient (Wildman–Crippen LogP) is 4.22. The van der Waals surface area contributed by atoms with E-state index in [-0.39, 0.29) is 31.0 Å². The summed E-state index contributed by atoms with van der Waals surface area (Å²) < 4.78 is 72.4. The number of pyridine rings is 1. The van der Waals surface area contributed by atoms with Gasteiger partial charge in [-0.3, -0.25) is 4.98 Å². The van der Waals surface area contributed by atoms with E-state index in [0.29, 0.717) is 40.8 Å². The first-order valence-corrected chi connectivity index (χ1v) is 10.4. The summed E-state index contributed by atoms with van der Waals surface area (Å²) in [6, 6.07) is 5.46. The van der Waals surface area contributed by atoms with Gasteiger partial charge in [0.1, 0.15) is 23.5 Å². The molecular formula is C23H22F5N3O2. The van der Waals surface area contributed by atoms with Gasteiger partial charge in [-0.2, -0.15) is 13.2 Å². The number of aliphatic hydroxyl groups excluding tert-OH is 1. The van der Waals surface area contributed by atoms with E-state index >= 15 is 0 Å². The Morgan fingerprint density at radius 1 is 1.12 bits per heavy atom. The lowest BCUT2D eigenvalue weighted by atomic mass is 9.88. The van der Waals surface area contributed by atoms with Gasteiger partial charge in [0.2, 0.25) is 0 Å². The topological polar surface area (TPSA) is 80.4 Å². The smallest absolute Gasteiger partial charge is 0.419 e. The zero-order chi connectivity index (χ0) is 23.8. The predicted molar refractivity (Wildman–Crippen MR) is 111 cm³/mol. The van der Waals surface area contributed by atoms with Crippen molar-refractivity contribution in [2.45, 2.75) is 43.8 Å². The molecule has 0 amide bonds. The van der Waals surface area contributed by atoms with Crippen molar-refractivity contribution in [2.75, 3.05) is 6.54 Å². The maximum absolute atomic E-state index is 14.8. The summed E-state index contributed by atoms with van der Waals surface area (Å²) in [5, 5.41) is 14.5. The highest BCUT2D eigenvalue weighted by molar-refractivity contribution is 5.88. The molecule has 10 heteroatoms. The Bertz CT molecular complexity index is 1150. The molecule has 4 N–H and O–H groups in total. The Morgan fingerprint density at radius 3 is 2.58 bits per heavy atom. The van der Waals surface area contributed by atoms with Crippen molar-refractivity contribution in [3.63, 3.8) is 0 Å². The Hall–Kier alpha value is -2.82. The minimum atomic E-state index is -4.80. The van der Waals surface area contributed by atoms with Gasteiger partial charge in [-0.05, 0) is 54.1 Å². The van der Waals surface area contributed by atoms with Crippen molar-refractivity contribution in [2.24, 2.45) is 5.73 Å². The summed E-state index contributed by atoms with van der Waals surface area (Å²) in [5.41, 5.74) is 4.94. The van der Waals surface area contributed by atoms with Crippen molar-refractivity contribution in [1.29, 1.82) is 0 Å². The van der Waals surface area contributed by atoms with Crippen molar-refractivity contribution in [1.82, 2.24) is 10.3 Å². The highest BCUT2D eigenvalue weighted by atomic mass is 19.4. The van der Waals surface area contributed by atoms with Gasteiger partial charge < -0.3 is 20.9 Å². The van der Waals surface area contributed by atoms with Gasteiger partial charge in [0, 0.05) is 42.5 Å². The minimum Gasteiger partial charge on any atom is -0.490 e. The molecule has 0 bridgehead atoms. The molecule has 176 valence electrons. The average molecular weight is 467 g/mol. The number of fused-ring (bicyclic) bond motifs is 1. The molecule has 0 radical (unpaired) electrons. The molecule has 2 aromatic carbocycles. The second kappa shape index (κ2) is 9.20. The molecule has 0 spiro atoms. The normalized spacial score (nSPS) is 19.4. The molecule has 1 unspecified atom stereocenters. The van der Waals surface area contributed by atoms with Crippen LogP contribution < -0.4 is 15.8 Å². The van der Waals surface area contributed by atoms with E-state index in [2.05, 4.69) is 10.3 Å². The third-order valence-corrected chi connectivity index (χ3v) is 5.82. The molecule has 5 nitrogen and oxygen atoms in total. The number of hydrogen-bond donors (Lipinski definition) is 3. The number of aliphatic hydroxyl groups is 1. The van der Waals surface area contributed by atoms with E-state index in [1.54, 1.807) is 12.3 Å². The van der Waals surface area contributed by atoms with Gasteiger partial charge in [-0.1, -0.05) is 0 Å². The molecule has 1 atom stereocenters. The SMILES string of the molecule is NCC(O)c1cc(F)c(CNC2CC(Oc3ccc(F)c(C(F)(F)F)c3)C2)c2ccncc12. The monoisotopic (exact) mass is 467 g/mol. The van der Waals surface area contributed by atoms with Crippen LogP contribution in [0.3, 0.4) is 0 Å². The van der Waals surface area contributed by atoms with Crippen LogP contribution in [0.15, 0.2) is 42.7 Å². The quantitative estimate of drug-likeness (QED) is 0.454. The lowest BCUT2D eigenvalue weighted by Crippen LogP contribution is -2.46. The molecule has 1 aromatic heterocycles. The number of hydrogen-bond acceptors (Lipinski definition) is 5. The molecular weight excluding hydrogens is 445 g/mol. The van der Waals surface area contributed by atoms with Crippen molar-refractivity contribution in [3.05, 3.63) is 71.1 Å². The van der Waals surface area contributed by atoms with Crippen LogP contribution in [-0.2, 0) is 12.7 Å². The standard InChI is InChI=1S/C23H22F5N3O2/c24-20-2-1-13(7-19(20)23(26,27)28)33-14-5-12(6-14)31-11-18-15-3-4-30-10-17(15)16(8-21(18)25)22(32)9-29/h1-4,7-8,10,12,14,22,31-32H,5-6,9,11,29H2. The lowest BCUT2D eigenvalue weighted by Gasteiger charge is -2.36. The van der Waals surface area contributed by atoms with Crippen molar-refractivity contribution in [3.8, 4) is 5.75 Å². The van der Waals surface area contributed by atoms with E-state index in [0.717, 1.165) is 12.1 Å². The zero-order valence-corrected chi connectivity index (χ0v) is 17.4. The molecule has 1 saturated carbocycles. The van der Waals surface area contributed by atoms with Gasteiger partial charge >= 0.3 is 6.18 Å². The lowest BCUT2D eigenvalue weighted by molar-refractivity contribution is -0.140. The Labute approximate surface area is 186 Å². The summed E-state index contributed by atoms with van der Waals surface area (Å²) in [5.74, 6) is -1.88. The van der Waals surface area contributed by atoms with Crippen LogP contribution in [0.5, 0.6) is 5.75 Å². The highest BCUT2D eigenvalue weighted by Gasteiger charge is 2.36. The number of nitrogens with two attached hydrogens (primary N) is 1. The molecule has 1 fully saturated rings. The van der Waals surface area contributed by atoms with Crippen LogP contribution in [-0.4, -0.2) is 28.8 Å². The van der Waals surface area contributed by atoms with Gasteiger partial charge in [-0.15, -0.1) is 0 Å². The number of benzene rings is 2. The van der Waals surface area contributed by atoms with Gasteiger partial charge in [0.25, 0.3) is 0 Å². The first-order chi connectivity index (χ1) is 15.7. The molecule has 1 heterocycles. The minimum absolute atomic E-state index is 0.0249. The molecule has 4 rings (SSSR count). The third-order valence-electron chi connectivity index (χ3n) is 5.82. The van der Waals surface area contributed by atoms with E-state index in [4.69, 9.17) is 10.5 Å². The van der Waals surface area contributed by atoms with E-state index in [1.165, 1.54) is 12.3 Å². The second-order valence-corrected chi connectivity index (χ2v) is 8.03. The maximum Gasteiger partial charge on any atom is 0.419 e. The fourth-order valence-electron chi connectivity index (χ4n) is 3.96. The molecule has 3 aromatic rings. The van der Waals surface area contributed by atoms with Crippen LogP contribution in [0.25, 0.3) is 10.8 Å². The second-order valence-electron chi connectivity index (χ2n) is 8.03. The van der Waals surface area contributed by atoms with Gasteiger partial charge in [-0.25, -0.2) is 8.78 Å². The number of ether oxygens (including phenoxy) is 1. The highest BCUT2D eigenvalue weighted by Crippen LogP contribution is 2.35. The summed E-state index contributed by atoms with van der Waals surface area (Å²) in [4.78, 5) is 4.05. The molecule has 33 heavy (non-hydrogen) atoms. The van der Waals surface area contributed by atoms with Crippen LogP contribution in [0.2, 0.25) is 0 Å². The fraction of sp³-hybridized carbons (Fsp3) is 0.348. The van der Waals surface area contributed by atoms with Crippen LogP contribution in [0.1, 0.15) is 35.6 Å². The summed E-state index contributed by atoms with van der Waals surface area (Å²) in [7, 11) is 0.